The molecular weight excluding hydrogens is 324 g/mol. The molecule has 1 aromatic heterocycles. The minimum absolute atomic E-state index is 0.105. The van der Waals surface area contributed by atoms with Gasteiger partial charge in [-0.2, -0.15) is 4.98 Å². The molecule has 1 fully saturated rings. The van der Waals surface area contributed by atoms with Crippen molar-refractivity contribution in [3.8, 4) is 28.6 Å². The summed E-state index contributed by atoms with van der Waals surface area (Å²) in [6.07, 6.45) is 0.993. The Morgan fingerprint density at radius 3 is 2.32 bits per heavy atom. The Morgan fingerprint density at radius 2 is 1.76 bits per heavy atom. The highest BCUT2D eigenvalue weighted by Gasteiger charge is 2.36. The van der Waals surface area contributed by atoms with E-state index in [-0.39, 0.29) is 12.0 Å². The Hall–Kier alpha value is -2.28. The second kappa shape index (κ2) is 7.31. The first-order chi connectivity index (χ1) is 12.1. The number of benzene rings is 1. The van der Waals surface area contributed by atoms with Crippen LogP contribution < -0.4 is 14.2 Å². The van der Waals surface area contributed by atoms with Gasteiger partial charge in [0, 0.05) is 12.2 Å². The highest BCUT2D eigenvalue weighted by Crippen LogP contribution is 2.41. The lowest BCUT2D eigenvalue weighted by Gasteiger charge is -2.18. The Balaban J connectivity index is 1.95. The lowest BCUT2D eigenvalue weighted by atomic mass is 9.93. The Bertz CT molecular complexity index is 703. The van der Waals surface area contributed by atoms with Crippen molar-refractivity contribution >= 4 is 0 Å². The largest absolute Gasteiger partial charge is 0.493 e. The molecule has 0 N–H and O–H groups in total. The molecule has 0 amide bonds. The van der Waals surface area contributed by atoms with Gasteiger partial charge in [-0.25, -0.2) is 0 Å². The van der Waals surface area contributed by atoms with E-state index in [0.29, 0.717) is 34.9 Å². The van der Waals surface area contributed by atoms with Crippen molar-refractivity contribution in [3.05, 3.63) is 18.0 Å². The second-order valence-electron chi connectivity index (χ2n) is 6.34. The Kier molecular flexibility index (Phi) is 5.13. The third kappa shape index (κ3) is 3.28. The van der Waals surface area contributed by atoms with Crippen molar-refractivity contribution in [1.82, 2.24) is 10.1 Å². The van der Waals surface area contributed by atoms with Gasteiger partial charge in [-0.15, -0.1) is 0 Å². The summed E-state index contributed by atoms with van der Waals surface area (Å²) in [5.74, 6) is 3.25. The first-order valence-corrected chi connectivity index (χ1v) is 8.34. The molecular formula is C18H24N2O5. The van der Waals surface area contributed by atoms with Gasteiger partial charge in [-0.3, -0.25) is 0 Å². The van der Waals surface area contributed by atoms with Gasteiger partial charge in [0.2, 0.25) is 17.5 Å². The molecule has 25 heavy (non-hydrogen) atoms. The van der Waals surface area contributed by atoms with Crippen molar-refractivity contribution in [1.29, 1.82) is 0 Å². The molecule has 7 nitrogen and oxygen atoms in total. The average molecular weight is 348 g/mol. The molecule has 136 valence electrons. The lowest BCUT2D eigenvalue weighted by Crippen LogP contribution is -2.21. The average Bonchev–Trinajstić information content (AvgIpc) is 3.28. The summed E-state index contributed by atoms with van der Waals surface area (Å²) in [5, 5.41) is 4.14. The van der Waals surface area contributed by atoms with Crippen LogP contribution in [0.15, 0.2) is 16.7 Å². The third-order valence-corrected chi connectivity index (χ3v) is 4.47. The van der Waals surface area contributed by atoms with E-state index in [0.717, 1.165) is 18.6 Å². The van der Waals surface area contributed by atoms with Gasteiger partial charge in [0.1, 0.15) is 0 Å². The number of aromatic nitrogens is 2. The highest BCUT2D eigenvalue weighted by atomic mass is 16.5. The molecule has 1 aliphatic rings. The molecule has 2 heterocycles. The number of hydrogen-bond donors (Lipinski definition) is 0. The summed E-state index contributed by atoms with van der Waals surface area (Å²) in [4.78, 5) is 4.59. The van der Waals surface area contributed by atoms with E-state index in [4.69, 9.17) is 23.5 Å². The van der Waals surface area contributed by atoms with E-state index >= 15 is 0 Å². The summed E-state index contributed by atoms with van der Waals surface area (Å²) >= 11 is 0. The quantitative estimate of drug-likeness (QED) is 0.793. The number of methoxy groups -OCH3 is 3. The maximum absolute atomic E-state index is 5.82. The summed E-state index contributed by atoms with van der Waals surface area (Å²) in [5.41, 5.74) is 0.740. The maximum atomic E-state index is 5.82. The standard InChI is InChI=1S/C18H24N2O5/c1-10(2)15-12(6-7-24-15)18-19-17(20-25-18)11-8-13(21-3)16(23-5)14(9-11)22-4/h8-10,12,15H,6-7H2,1-5H3/t12-,15-/m1/s1. The van der Waals surface area contributed by atoms with Crippen molar-refractivity contribution in [2.45, 2.75) is 32.3 Å². The summed E-state index contributed by atoms with van der Waals surface area (Å²) < 4.78 is 27.5. The van der Waals surface area contributed by atoms with Crippen LogP contribution in [0.2, 0.25) is 0 Å². The van der Waals surface area contributed by atoms with Crippen LogP contribution >= 0.6 is 0 Å². The zero-order valence-electron chi connectivity index (χ0n) is 15.2. The van der Waals surface area contributed by atoms with Crippen LogP contribution in [0.25, 0.3) is 11.4 Å². The van der Waals surface area contributed by atoms with Gasteiger partial charge in [-0.05, 0) is 24.5 Å². The number of rotatable bonds is 6. The monoisotopic (exact) mass is 348 g/mol. The highest BCUT2D eigenvalue weighted by molar-refractivity contribution is 5.66. The van der Waals surface area contributed by atoms with Crippen molar-refractivity contribution < 1.29 is 23.5 Å². The molecule has 3 rings (SSSR count). The molecule has 2 atom stereocenters. The molecule has 1 aliphatic heterocycles. The molecule has 0 aliphatic carbocycles. The van der Waals surface area contributed by atoms with Crippen LogP contribution in [-0.2, 0) is 4.74 Å². The van der Waals surface area contributed by atoms with Crippen LogP contribution in [0.1, 0.15) is 32.1 Å². The topological polar surface area (TPSA) is 75.8 Å². The number of hydrogen-bond acceptors (Lipinski definition) is 7. The first kappa shape index (κ1) is 17.5. The van der Waals surface area contributed by atoms with Gasteiger partial charge in [0.05, 0.1) is 33.4 Å². The normalized spacial score (nSPS) is 20.1. The summed E-state index contributed by atoms with van der Waals surface area (Å²) in [6, 6.07) is 3.61. The predicted molar refractivity (Wildman–Crippen MR) is 91.3 cm³/mol. The van der Waals surface area contributed by atoms with E-state index in [1.165, 1.54) is 0 Å². The second-order valence-corrected chi connectivity index (χ2v) is 6.34. The van der Waals surface area contributed by atoms with E-state index in [1.807, 2.05) is 0 Å². The SMILES string of the molecule is COc1cc(-c2noc([C@@H]3CCO[C@@H]3C(C)C)n2)cc(OC)c1OC. The van der Waals surface area contributed by atoms with Crippen LogP contribution in [0, 0.1) is 5.92 Å². The molecule has 1 saturated heterocycles. The van der Waals surface area contributed by atoms with Crippen molar-refractivity contribution in [2.24, 2.45) is 5.92 Å². The first-order valence-electron chi connectivity index (χ1n) is 8.34. The Morgan fingerprint density at radius 1 is 1.08 bits per heavy atom. The molecule has 2 aromatic rings. The molecule has 1 aromatic carbocycles. The van der Waals surface area contributed by atoms with Crippen molar-refractivity contribution in [3.63, 3.8) is 0 Å². The van der Waals surface area contributed by atoms with Crippen LogP contribution in [0.5, 0.6) is 17.2 Å². The predicted octanol–water partition coefficient (Wildman–Crippen LogP) is 3.29. The fourth-order valence-electron chi connectivity index (χ4n) is 3.25. The zero-order valence-corrected chi connectivity index (χ0v) is 15.2. The van der Waals surface area contributed by atoms with Crippen LogP contribution in [-0.4, -0.2) is 44.2 Å². The van der Waals surface area contributed by atoms with Crippen LogP contribution in [0.3, 0.4) is 0 Å². The van der Waals surface area contributed by atoms with Crippen LogP contribution in [0.4, 0.5) is 0 Å². The Labute approximate surface area is 147 Å². The van der Waals surface area contributed by atoms with E-state index in [2.05, 4.69) is 24.0 Å². The van der Waals surface area contributed by atoms with Gasteiger partial charge in [0.15, 0.2) is 11.5 Å². The molecule has 7 heteroatoms. The minimum atomic E-state index is 0.105. The van der Waals surface area contributed by atoms with Gasteiger partial charge in [0.25, 0.3) is 0 Å². The third-order valence-electron chi connectivity index (χ3n) is 4.47. The molecule has 0 radical (unpaired) electrons. The van der Waals surface area contributed by atoms with Gasteiger partial charge >= 0.3 is 0 Å². The smallest absolute Gasteiger partial charge is 0.232 e. The molecule has 0 saturated carbocycles. The van der Waals surface area contributed by atoms with E-state index in [1.54, 1.807) is 33.5 Å². The number of nitrogens with zero attached hydrogens (tertiary/aromatic N) is 2. The number of ether oxygens (including phenoxy) is 4. The fraction of sp³-hybridized carbons (Fsp3) is 0.556. The van der Waals surface area contributed by atoms with Gasteiger partial charge in [-0.1, -0.05) is 19.0 Å². The van der Waals surface area contributed by atoms with E-state index < -0.39 is 0 Å². The van der Waals surface area contributed by atoms with Crippen molar-refractivity contribution in [2.75, 3.05) is 27.9 Å². The van der Waals surface area contributed by atoms with E-state index in [9.17, 15) is 0 Å². The maximum Gasteiger partial charge on any atom is 0.232 e. The van der Waals surface area contributed by atoms with Gasteiger partial charge < -0.3 is 23.5 Å². The zero-order chi connectivity index (χ0) is 18.0. The molecule has 0 bridgehead atoms. The fourth-order valence-corrected chi connectivity index (χ4v) is 3.25. The minimum Gasteiger partial charge on any atom is -0.493 e. The lowest BCUT2D eigenvalue weighted by molar-refractivity contribution is 0.0627. The molecule has 0 spiro atoms. The summed E-state index contributed by atoms with van der Waals surface area (Å²) in [6.45, 7) is 4.99. The molecule has 0 unspecified atom stereocenters. The summed E-state index contributed by atoms with van der Waals surface area (Å²) in [7, 11) is 4.72.